The molecule has 0 saturated heterocycles. The minimum atomic E-state index is -0.227. The Hall–Kier alpha value is -1.59. The molecule has 0 unspecified atom stereocenters. The number of pyridine rings is 1. The number of likely N-dealkylation sites (N-methyl/N-ethyl adjacent to an activating group) is 1. The number of carbonyl (C=O) groups is 1. The van der Waals surface area contributed by atoms with Crippen LogP contribution in [0.1, 0.15) is 10.4 Å². The number of nitrogens with one attached hydrogen (secondary N) is 1. The molecule has 21 heavy (non-hydrogen) atoms. The lowest BCUT2D eigenvalue weighted by molar-refractivity contribution is 0.0954. The van der Waals surface area contributed by atoms with E-state index in [9.17, 15) is 4.79 Å². The van der Waals surface area contributed by atoms with Gasteiger partial charge in [0.1, 0.15) is 5.15 Å². The summed E-state index contributed by atoms with van der Waals surface area (Å²) < 4.78 is 0.721. The number of nitrogens with zero attached hydrogens (tertiary/aromatic N) is 2. The molecule has 2 rings (SSSR count). The van der Waals surface area contributed by atoms with Gasteiger partial charge in [-0.25, -0.2) is 4.98 Å². The molecule has 0 spiro atoms. The zero-order chi connectivity index (χ0) is 15.2. The van der Waals surface area contributed by atoms with Crippen molar-refractivity contribution in [2.24, 2.45) is 0 Å². The predicted molar refractivity (Wildman–Crippen MR) is 89.0 cm³/mol. The average Bonchev–Trinajstić information content (AvgIpc) is 2.50. The van der Waals surface area contributed by atoms with E-state index in [-0.39, 0.29) is 11.1 Å². The quantitative estimate of drug-likeness (QED) is 0.823. The van der Waals surface area contributed by atoms with Crippen molar-refractivity contribution in [3.05, 3.63) is 57.8 Å². The lowest BCUT2D eigenvalue weighted by Crippen LogP contribution is -2.33. The molecular formula is C15H15BrClN3O. The first-order chi connectivity index (χ1) is 10.1. The van der Waals surface area contributed by atoms with Crippen molar-refractivity contribution in [2.45, 2.75) is 0 Å². The van der Waals surface area contributed by atoms with Gasteiger partial charge < -0.3 is 10.2 Å². The highest BCUT2D eigenvalue weighted by atomic mass is 79.9. The lowest BCUT2D eigenvalue weighted by atomic mass is 10.2. The van der Waals surface area contributed by atoms with Crippen molar-refractivity contribution in [3.63, 3.8) is 0 Å². The summed E-state index contributed by atoms with van der Waals surface area (Å²) in [7, 11) is 1.98. The van der Waals surface area contributed by atoms with Gasteiger partial charge in [0.05, 0.1) is 5.56 Å². The molecule has 110 valence electrons. The normalized spacial score (nSPS) is 10.2. The van der Waals surface area contributed by atoms with Crippen LogP contribution < -0.4 is 10.2 Å². The molecule has 1 N–H and O–H groups in total. The summed E-state index contributed by atoms with van der Waals surface area (Å²) in [5.74, 6) is -0.227. The molecule has 0 radical (unpaired) electrons. The van der Waals surface area contributed by atoms with Gasteiger partial charge in [0, 0.05) is 36.5 Å². The van der Waals surface area contributed by atoms with Gasteiger partial charge in [0.2, 0.25) is 0 Å². The molecule has 0 aliphatic heterocycles. The van der Waals surface area contributed by atoms with Crippen molar-refractivity contribution >= 4 is 39.1 Å². The zero-order valence-corrected chi connectivity index (χ0v) is 13.9. The van der Waals surface area contributed by atoms with Gasteiger partial charge in [0.25, 0.3) is 5.91 Å². The monoisotopic (exact) mass is 367 g/mol. The number of rotatable bonds is 5. The molecule has 0 aliphatic rings. The summed E-state index contributed by atoms with van der Waals surface area (Å²) >= 11 is 9.20. The van der Waals surface area contributed by atoms with Crippen LogP contribution in [0.3, 0.4) is 0 Å². The van der Waals surface area contributed by atoms with Crippen molar-refractivity contribution < 1.29 is 4.79 Å². The first-order valence-corrected chi connectivity index (χ1v) is 7.60. The second-order valence-corrected chi connectivity index (χ2v) is 5.78. The first kappa shape index (κ1) is 15.8. The lowest BCUT2D eigenvalue weighted by Gasteiger charge is -2.19. The number of para-hydroxylation sites is 1. The van der Waals surface area contributed by atoms with Crippen molar-refractivity contribution in [3.8, 4) is 0 Å². The standard InChI is InChI=1S/C15H15BrClN3O/c1-20(12-5-3-2-4-6-12)8-7-18-15(21)13-9-11(16)10-19-14(13)17/h2-6,9-10H,7-8H2,1H3,(H,18,21). The van der Waals surface area contributed by atoms with Crippen LogP contribution in [0.4, 0.5) is 5.69 Å². The van der Waals surface area contributed by atoms with Crippen LogP contribution in [0.25, 0.3) is 0 Å². The number of benzene rings is 1. The van der Waals surface area contributed by atoms with E-state index in [1.165, 1.54) is 0 Å². The number of halogens is 2. The van der Waals surface area contributed by atoms with Crippen LogP contribution in [0.2, 0.25) is 5.15 Å². The van der Waals surface area contributed by atoms with Crippen LogP contribution >= 0.6 is 27.5 Å². The molecule has 4 nitrogen and oxygen atoms in total. The highest BCUT2D eigenvalue weighted by Crippen LogP contribution is 2.17. The maximum Gasteiger partial charge on any atom is 0.254 e. The molecule has 6 heteroatoms. The molecular weight excluding hydrogens is 354 g/mol. The van der Waals surface area contributed by atoms with Gasteiger partial charge in [-0.05, 0) is 34.1 Å². The molecule has 0 aliphatic carbocycles. The van der Waals surface area contributed by atoms with Crippen molar-refractivity contribution in [1.29, 1.82) is 0 Å². The molecule has 0 saturated carbocycles. The smallest absolute Gasteiger partial charge is 0.254 e. The maximum atomic E-state index is 12.1. The van der Waals surface area contributed by atoms with E-state index < -0.39 is 0 Å². The summed E-state index contributed by atoms with van der Waals surface area (Å²) in [5, 5.41) is 3.04. The molecule has 1 aromatic heterocycles. The van der Waals surface area contributed by atoms with Gasteiger partial charge in [0.15, 0.2) is 0 Å². The SMILES string of the molecule is CN(CCNC(=O)c1cc(Br)cnc1Cl)c1ccccc1. The van der Waals surface area contributed by atoms with E-state index >= 15 is 0 Å². The molecule has 0 bridgehead atoms. The van der Waals surface area contributed by atoms with E-state index in [1.807, 2.05) is 37.4 Å². The Balaban J connectivity index is 1.88. The zero-order valence-electron chi connectivity index (χ0n) is 11.5. The van der Waals surface area contributed by atoms with E-state index in [2.05, 4.69) is 31.1 Å². The molecule has 1 amide bonds. The predicted octanol–water partition coefficient (Wildman–Crippen LogP) is 3.36. The summed E-state index contributed by atoms with van der Waals surface area (Å²) in [5.41, 5.74) is 1.47. The number of amides is 1. The third-order valence-electron chi connectivity index (χ3n) is 2.98. The maximum absolute atomic E-state index is 12.1. The van der Waals surface area contributed by atoms with Crippen LogP contribution in [-0.2, 0) is 0 Å². The Morgan fingerprint density at radius 3 is 2.81 bits per heavy atom. The van der Waals surface area contributed by atoms with Gasteiger partial charge in [-0.3, -0.25) is 4.79 Å². The second-order valence-electron chi connectivity index (χ2n) is 4.50. The minimum absolute atomic E-state index is 0.201. The van der Waals surface area contributed by atoms with Crippen molar-refractivity contribution in [2.75, 3.05) is 25.0 Å². The Morgan fingerprint density at radius 1 is 1.38 bits per heavy atom. The van der Waals surface area contributed by atoms with Gasteiger partial charge >= 0.3 is 0 Å². The second kappa shape index (κ2) is 7.43. The molecule has 2 aromatic rings. The van der Waals surface area contributed by atoms with E-state index in [1.54, 1.807) is 12.3 Å². The van der Waals surface area contributed by atoms with E-state index in [0.29, 0.717) is 18.7 Å². The number of anilines is 1. The topological polar surface area (TPSA) is 45.2 Å². The number of hydrogen-bond donors (Lipinski definition) is 1. The summed E-state index contributed by atoms with van der Waals surface area (Å²) in [6, 6.07) is 11.6. The fourth-order valence-corrected chi connectivity index (χ4v) is 2.35. The Morgan fingerprint density at radius 2 is 2.10 bits per heavy atom. The highest BCUT2D eigenvalue weighted by molar-refractivity contribution is 9.10. The van der Waals surface area contributed by atoms with Crippen LogP contribution in [0, 0.1) is 0 Å². The Bertz CT molecular complexity index is 622. The van der Waals surface area contributed by atoms with Crippen molar-refractivity contribution in [1.82, 2.24) is 10.3 Å². The molecule has 0 atom stereocenters. The first-order valence-electron chi connectivity index (χ1n) is 6.43. The molecule has 1 heterocycles. The third-order valence-corrected chi connectivity index (χ3v) is 3.71. The number of aromatic nitrogens is 1. The molecule has 1 aromatic carbocycles. The minimum Gasteiger partial charge on any atom is -0.373 e. The summed E-state index contributed by atoms with van der Waals surface area (Å²) in [4.78, 5) is 18.1. The Labute approximate surface area is 137 Å². The van der Waals surface area contributed by atoms with Gasteiger partial charge in [-0.15, -0.1) is 0 Å². The highest BCUT2D eigenvalue weighted by Gasteiger charge is 2.11. The number of carbonyl (C=O) groups excluding carboxylic acids is 1. The summed E-state index contributed by atoms with van der Waals surface area (Å²) in [6.45, 7) is 1.22. The van der Waals surface area contributed by atoms with Crippen LogP contribution in [0.5, 0.6) is 0 Å². The Kier molecular flexibility index (Phi) is 5.59. The van der Waals surface area contributed by atoms with E-state index in [4.69, 9.17) is 11.6 Å². The fourth-order valence-electron chi connectivity index (χ4n) is 1.83. The summed E-state index contributed by atoms with van der Waals surface area (Å²) in [6.07, 6.45) is 1.56. The fraction of sp³-hybridized carbons (Fsp3) is 0.200. The average molecular weight is 369 g/mol. The largest absolute Gasteiger partial charge is 0.373 e. The van der Waals surface area contributed by atoms with E-state index in [0.717, 1.165) is 10.2 Å². The van der Waals surface area contributed by atoms with Crippen LogP contribution in [-0.4, -0.2) is 31.0 Å². The molecule has 0 fully saturated rings. The van der Waals surface area contributed by atoms with Gasteiger partial charge in [-0.2, -0.15) is 0 Å². The van der Waals surface area contributed by atoms with Gasteiger partial charge in [-0.1, -0.05) is 29.8 Å². The third kappa shape index (κ3) is 4.44. The van der Waals surface area contributed by atoms with Crippen LogP contribution in [0.15, 0.2) is 47.1 Å². The number of hydrogen-bond acceptors (Lipinski definition) is 3.